The summed E-state index contributed by atoms with van der Waals surface area (Å²) in [6.07, 6.45) is 1.96. The fourth-order valence-corrected chi connectivity index (χ4v) is 3.53. The van der Waals surface area contributed by atoms with Crippen molar-refractivity contribution >= 4 is 34.2 Å². The zero-order valence-electron chi connectivity index (χ0n) is 12.9. The molecular formula is C18H16FN3S. The predicted molar refractivity (Wildman–Crippen MR) is 94.3 cm³/mol. The zero-order chi connectivity index (χ0) is 16.1. The van der Waals surface area contributed by atoms with Gasteiger partial charge in [-0.1, -0.05) is 0 Å². The maximum Gasteiger partial charge on any atom is 0.178 e. The summed E-state index contributed by atoms with van der Waals surface area (Å²) >= 11 is 5.42. The number of benzene rings is 2. The third-order valence-corrected chi connectivity index (χ3v) is 4.45. The molecule has 2 aromatic heterocycles. The molecule has 4 rings (SSSR count). The Balaban J connectivity index is 1.98. The molecule has 116 valence electrons. The van der Waals surface area contributed by atoms with Gasteiger partial charge < -0.3 is 14.1 Å². The van der Waals surface area contributed by atoms with Gasteiger partial charge in [-0.15, -0.1) is 0 Å². The minimum absolute atomic E-state index is 0.218. The number of nitrogens with zero attached hydrogens (tertiary/aromatic N) is 2. The third kappa shape index (κ3) is 2.19. The monoisotopic (exact) mass is 325 g/mol. The molecule has 2 heterocycles. The van der Waals surface area contributed by atoms with Gasteiger partial charge in [0.05, 0.1) is 16.6 Å². The Hall–Kier alpha value is -2.40. The number of halogens is 1. The van der Waals surface area contributed by atoms with Gasteiger partial charge in [0.1, 0.15) is 5.82 Å². The Morgan fingerprint density at radius 3 is 2.65 bits per heavy atom. The highest BCUT2D eigenvalue weighted by atomic mass is 32.1. The summed E-state index contributed by atoms with van der Waals surface area (Å²) in [4.78, 5) is 3.24. The summed E-state index contributed by atoms with van der Waals surface area (Å²) in [5.41, 5.74) is 4.11. The molecule has 0 atom stereocenters. The summed E-state index contributed by atoms with van der Waals surface area (Å²) < 4.78 is 18.3. The maximum absolute atomic E-state index is 13.4. The average Bonchev–Trinajstić information content (AvgIpc) is 3.05. The summed E-state index contributed by atoms with van der Waals surface area (Å²) in [5.74, 6) is -0.218. The number of fused-ring (bicyclic) bond motifs is 2. The molecule has 3 nitrogen and oxygen atoms in total. The molecule has 0 amide bonds. The molecule has 0 bridgehead atoms. The van der Waals surface area contributed by atoms with Gasteiger partial charge in [0, 0.05) is 23.3 Å². The fourth-order valence-electron chi connectivity index (χ4n) is 3.11. The number of nitrogens with one attached hydrogen (secondary N) is 1. The molecule has 5 heteroatoms. The van der Waals surface area contributed by atoms with Gasteiger partial charge in [-0.2, -0.15) is 0 Å². The van der Waals surface area contributed by atoms with Crippen molar-refractivity contribution in [2.24, 2.45) is 0 Å². The lowest BCUT2D eigenvalue weighted by Gasteiger charge is -2.10. The van der Waals surface area contributed by atoms with Crippen LogP contribution in [0.5, 0.6) is 0 Å². The summed E-state index contributed by atoms with van der Waals surface area (Å²) in [6.45, 7) is 4.23. The van der Waals surface area contributed by atoms with Crippen molar-refractivity contribution in [3.63, 3.8) is 0 Å². The van der Waals surface area contributed by atoms with E-state index in [9.17, 15) is 4.39 Å². The van der Waals surface area contributed by atoms with E-state index in [2.05, 4.69) is 34.0 Å². The Bertz CT molecular complexity index is 1080. The van der Waals surface area contributed by atoms with Crippen molar-refractivity contribution in [2.75, 3.05) is 0 Å². The molecule has 0 radical (unpaired) electrons. The summed E-state index contributed by atoms with van der Waals surface area (Å²) in [5, 5.41) is 0.889. The normalized spacial score (nSPS) is 11.8. The molecule has 23 heavy (non-hydrogen) atoms. The number of aromatic amines is 1. The van der Waals surface area contributed by atoms with Crippen LogP contribution in [-0.4, -0.2) is 14.1 Å². The second-order valence-corrected chi connectivity index (χ2v) is 6.37. The van der Waals surface area contributed by atoms with Crippen LogP contribution < -0.4 is 0 Å². The summed E-state index contributed by atoms with van der Waals surface area (Å²) in [7, 11) is 0. The van der Waals surface area contributed by atoms with E-state index in [1.165, 1.54) is 6.07 Å². The number of rotatable bonds is 2. The Kier molecular flexibility index (Phi) is 3.13. The Morgan fingerprint density at radius 2 is 1.87 bits per heavy atom. The van der Waals surface area contributed by atoms with Gasteiger partial charge >= 0.3 is 0 Å². The van der Waals surface area contributed by atoms with Crippen LogP contribution in [0, 0.1) is 10.6 Å². The number of imidazole rings is 1. The van der Waals surface area contributed by atoms with E-state index in [0.29, 0.717) is 0 Å². The van der Waals surface area contributed by atoms with E-state index in [0.717, 1.165) is 32.4 Å². The van der Waals surface area contributed by atoms with E-state index in [-0.39, 0.29) is 11.9 Å². The third-order valence-electron chi connectivity index (χ3n) is 4.15. The number of aromatic nitrogens is 3. The molecule has 0 saturated carbocycles. The van der Waals surface area contributed by atoms with Crippen molar-refractivity contribution in [3.8, 4) is 5.69 Å². The molecule has 0 aliphatic heterocycles. The first-order chi connectivity index (χ1) is 11.0. The van der Waals surface area contributed by atoms with E-state index in [1.54, 1.807) is 12.1 Å². The van der Waals surface area contributed by atoms with Crippen LogP contribution >= 0.6 is 12.2 Å². The highest BCUT2D eigenvalue weighted by molar-refractivity contribution is 7.71. The van der Waals surface area contributed by atoms with Gasteiger partial charge in [-0.25, -0.2) is 4.39 Å². The molecule has 0 aliphatic carbocycles. The van der Waals surface area contributed by atoms with Crippen LogP contribution in [0.25, 0.3) is 27.6 Å². The van der Waals surface area contributed by atoms with Gasteiger partial charge in [0.25, 0.3) is 0 Å². The lowest BCUT2D eigenvalue weighted by atomic mass is 10.2. The highest BCUT2D eigenvalue weighted by Gasteiger charge is 2.10. The van der Waals surface area contributed by atoms with Crippen LogP contribution in [-0.2, 0) is 0 Å². The zero-order valence-corrected chi connectivity index (χ0v) is 13.7. The quantitative estimate of drug-likeness (QED) is 0.493. The van der Waals surface area contributed by atoms with Crippen LogP contribution in [0.1, 0.15) is 19.9 Å². The SMILES string of the molecule is CC(C)n1c(=S)[nH]c2ccc(-n3ccc4cc(F)ccc43)cc21. The lowest BCUT2D eigenvalue weighted by molar-refractivity contribution is 0.610. The van der Waals surface area contributed by atoms with Crippen molar-refractivity contribution < 1.29 is 4.39 Å². The Labute approximate surface area is 138 Å². The van der Waals surface area contributed by atoms with Gasteiger partial charge in [0.2, 0.25) is 0 Å². The molecule has 0 fully saturated rings. The van der Waals surface area contributed by atoms with Crippen LogP contribution in [0.4, 0.5) is 4.39 Å². The van der Waals surface area contributed by atoms with E-state index in [1.807, 2.05) is 24.4 Å². The topological polar surface area (TPSA) is 25.6 Å². The minimum atomic E-state index is -0.218. The molecule has 0 saturated heterocycles. The standard InChI is InChI=1S/C18H16FN3S/c1-11(2)22-17-10-14(4-5-15(17)20-18(22)23)21-8-7-12-9-13(19)3-6-16(12)21/h3-11H,1-2H3,(H,20,23). The first kappa shape index (κ1) is 14.2. The Morgan fingerprint density at radius 1 is 1.04 bits per heavy atom. The molecule has 0 spiro atoms. The molecule has 1 N–H and O–H groups in total. The van der Waals surface area contributed by atoms with Crippen molar-refractivity contribution in [1.29, 1.82) is 0 Å². The highest BCUT2D eigenvalue weighted by Crippen LogP contribution is 2.25. The van der Waals surface area contributed by atoms with Gasteiger partial charge in [-0.05, 0) is 68.5 Å². The van der Waals surface area contributed by atoms with E-state index >= 15 is 0 Å². The number of H-pyrrole nitrogens is 1. The van der Waals surface area contributed by atoms with Crippen molar-refractivity contribution in [2.45, 2.75) is 19.9 Å². The van der Waals surface area contributed by atoms with Gasteiger partial charge in [-0.3, -0.25) is 0 Å². The molecule has 0 unspecified atom stereocenters. The first-order valence-corrected chi connectivity index (χ1v) is 7.96. The average molecular weight is 325 g/mol. The smallest absolute Gasteiger partial charge is 0.178 e. The number of hydrogen-bond acceptors (Lipinski definition) is 1. The van der Waals surface area contributed by atoms with Crippen LogP contribution in [0.3, 0.4) is 0 Å². The van der Waals surface area contributed by atoms with E-state index in [4.69, 9.17) is 12.2 Å². The second-order valence-electron chi connectivity index (χ2n) is 5.98. The fraction of sp³-hybridized carbons (Fsp3) is 0.167. The number of hydrogen-bond donors (Lipinski definition) is 1. The second kappa shape index (κ2) is 5.06. The van der Waals surface area contributed by atoms with Crippen LogP contribution in [0.2, 0.25) is 0 Å². The molecule has 0 aliphatic rings. The predicted octanol–water partition coefficient (Wildman–Crippen LogP) is 5.36. The lowest BCUT2D eigenvalue weighted by Crippen LogP contribution is -2.01. The molecule has 4 aromatic rings. The van der Waals surface area contributed by atoms with E-state index < -0.39 is 0 Å². The van der Waals surface area contributed by atoms with Crippen molar-refractivity contribution in [3.05, 3.63) is 59.2 Å². The van der Waals surface area contributed by atoms with Crippen LogP contribution in [0.15, 0.2) is 48.7 Å². The minimum Gasteiger partial charge on any atom is -0.331 e. The molecular weight excluding hydrogens is 309 g/mol. The largest absolute Gasteiger partial charge is 0.331 e. The summed E-state index contributed by atoms with van der Waals surface area (Å²) in [6, 6.07) is 13.2. The van der Waals surface area contributed by atoms with Crippen molar-refractivity contribution in [1.82, 2.24) is 14.1 Å². The first-order valence-electron chi connectivity index (χ1n) is 7.56. The van der Waals surface area contributed by atoms with Gasteiger partial charge in [0.15, 0.2) is 4.77 Å². The maximum atomic E-state index is 13.4. The molecule has 2 aromatic carbocycles.